The second kappa shape index (κ2) is 9.45. The molecule has 2 aliphatic rings. The van der Waals surface area contributed by atoms with Gasteiger partial charge in [-0.05, 0) is 31.2 Å². The molecule has 0 radical (unpaired) electrons. The van der Waals surface area contributed by atoms with E-state index in [0.717, 1.165) is 50.8 Å². The third kappa shape index (κ3) is 6.60. The number of alkyl halides is 3. The van der Waals surface area contributed by atoms with Crippen molar-refractivity contribution in [2.24, 2.45) is 5.92 Å². The van der Waals surface area contributed by atoms with E-state index in [-0.39, 0.29) is 0 Å². The van der Waals surface area contributed by atoms with Gasteiger partial charge in [0.05, 0.1) is 36.8 Å². The molecule has 0 spiro atoms. The number of carboxylic acids is 1. The van der Waals surface area contributed by atoms with E-state index in [1.54, 1.807) is 6.26 Å². The van der Waals surface area contributed by atoms with Crippen LogP contribution in [0.25, 0.3) is 0 Å². The molecule has 0 atom stereocenters. The Morgan fingerprint density at radius 1 is 1.34 bits per heavy atom. The zero-order valence-corrected chi connectivity index (χ0v) is 15.9. The van der Waals surface area contributed by atoms with Crippen LogP contribution in [0.1, 0.15) is 36.2 Å². The summed E-state index contributed by atoms with van der Waals surface area (Å²) in [4.78, 5) is 15.9. The minimum atomic E-state index is -5.08. The molecule has 0 unspecified atom stereocenters. The zero-order valence-electron chi connectivity index (χ0n) is 15.9. The van der Waals surface area contributed by atoms with Crippen LogP contribution in [0.3, 0.4) is 0 Å². The lowest BCUT2D eigenvalue weighted by atomic mass is 10.2. The lowest BCUT2D eigenvalue weighted by molar-refractivity contribution is -0.192. The van der Waals surface area contributed by atoms with E-state index in [9.17, 15) is 13.2 Å². The quantitative estimate of drug-likeness (QED) is 0.779. The average molecular weight is 415 g/mol. The molecule has 2 aromatic heterocycles. The van der Waals surface area contributed by atoms with Gasteiger partial charge in [-0.25, -0.2) is 9.78 Å². The number of aryl methyl sites for hydroxylation is 1. The van der Waals surface area contributed by atoms with Gasteiger partial charge in [0.1, 0.15) is 0 Å². The van der Waals surface area contributed by atoms with E-state index in [2.05, 4.69) is 14.5 Å². The minimum absolute atomic E-state index is 0.651. The first kappa shape index (κ1) is 21.4. The second-order valence-electron chi connectivity index (χ2n) is 7.29. The fraction of sp³-hybridized carbons (Fsp3) is 0.579. The highest BCUT2D eigenvalue weighted by molar-refractivity contribution is 5.73. The van der Waals surface area contributed by atoms with Gasteiger partial charge in [-0.2, -0.15) is 13.2 Å². The number of carbonyl (C=O) groups is 1. The lowest BCUT2D eigenvalue weighted by Gasteiger charge is -2.19. The molecular formula is C19H24F3N3O4. The number of aliphatic carboxylic acids is 1. The zero-order chi connectivity index (χ0) is 20.9. The Morgan fingerprint density at radius 3 is 2.72 bits per heavy atom. The van der Waals surface area contributed by atoms with Crippen LogP contribution in [0.15, 0.2) is 29.3 Å². The third-order valence-corrected chi connectivity index (χ3v) is 4.80. The van der Waals surface area contributed by atoms with Crippen molar-refractivity contribution in [3.05, 3.63) is 41.9 Å². The van der Waals surface area contributed by atoms with Crippen LogP contribution in [0, 0.1) is 5.92 Å². The smallest absolute Gasteiger partial charge is 0.475 e. The first-order valence-electron chi connectivity index (χ1n) is 9.47. The molecule has 2 aromatic rings. The van der Waals surface area contributed by atoms with E-state index >= 15 is 0 Å². The molecular weight excluding hydrogens is 391 g/mol. The molecule has 7 nitrogen and oxygen atoms in total. The van der Waals surface area contributed by atoms with Gasteiger partial charge in [0.2, 0.25) is 0 Å². The van der Waals surface area contributed by atoms with Crippen molar-refractivity contribution in [1.29, 1.82) is 0 Å². The lowest BCUT2D eigenvalue weighted by Crippen LogP contribution is -2.23. The molecule has 1 aliphatic heterocycles. The largest absolute Gasteiger partial charge is 0.490 e. The topological polar surface area (TPSA) is 80.7 Å². The summed E-state index contributed by atoms with van der Waals surface area (Å²) in [5.74, 6) is -1.95. The molecule has 1 fully saturated rings. The number of imidazole rings is 1. The summed E-state index contributed by atoms with van der Waals surface area (Å²) in [5.41, 5.74) is 3.66. The summed E-state index contributed by atoms with van der Waals surface area (Å²) < 4.78 is 45.1. The molecule has 0 aromatic carbocycles. The first-order valence-corrected chi connectivity index (χ1v) is 9.47. The van der Waals surface area contributed by atoms with Gasteiger partial charge >= 0.3 is 12.1 Å². The summed E-state index contributed by atoms with van der Waals surface area (Å²) in [6.07, 6.45) is 4.30. The second-order valence-corrected chi connectivity index (χ2v) is 7.29. The van der Waals surface area contributed by atoms with E-state index < -0.39 is 12.1 Å². The van der Waals surface area contributed by atoms with Gasteiger partial charge in [-0.3, -0.25) is 4.90 Å². The van der Waals surface area contributed by atoms with Crippen molar-refractivity contribution in [3.8, 4) is 0 Å². The van der Waals surface area contributed by atoms with Crippen molar-refractivity contribution in [1.82, 2.24) is 14.5 Å². The number of carboxylic acid groups (broad SMARTS) is 1. The standard InChI is InChI=1S/C17H23N3O2.C2HF3O2/c1-5-19(8-15-4-7-21-11-15)9-17-16(18-13-20(17)6-1)12-22-10-14-2-3-14;3-2(4,5)1(6)7/h4,7,11,13-14H,1-3,5-6,8-10,12H2;(H,6,7). The number of aromatic nitrogens is 2. The predicted molar refractivity (Wildman–Crippen MR) is 95.7 cm³/mol. The van der Waals surface area contributed by atoms with Crippen molar-refractivity contribution >= 4 is 5.97 Å². The maximum Gasteiger partial charge on any atom is 0.490 e. The summed E-state index contributed by atoms with van der Waals surface area (Å²) in [5, 5.41) is 7.12. The molecule has 0 saturated heterocycles. The van der Waals surface area contributed by atoms with E-state index in [0.29, 0.717) is 6.61 Å². The number of ether oxygens (including phenoxy) is 1. The number of halogens is 3. The predicted octanol–water partition coefficient (Wildman–Crippen LogP) is 3.44. The van der Waals surface area contributed by atoms with Crippen molar-refractivity contribution in [2.75, 3.05) is 13.2 Å². The minimum Gasteiger partial charge on any atom is -0.475 e. The molecule has 160 valence electrons. The number of rotatable bonds is 6. The Bertz CT molecular complexity index is 785. The third-order valence-electron chi connectivity index (χ3n) is 4.80. The number of hydrogen-bond acceptors (Lipinski definition) is 5. The maximum absolute atomic E-state index is 10.6. The van der Waals surface area contributed by atoms with Gasteiger partial charge in [0.25, 0.3) is 0 Å². The molecule has 1 saturated carbocycles. The van der Waals surface area contributed by atoms with Crippen LogP contribution in [0.4, 0.5) is 13.2 Å². The highest BCUT2D eigenvalue weighted by Crippen LogP contribution is 2.29. The molecule has 1 aliphatic carbocycles. The number of furan rings is 1. The van der Waals surface area contributed by atoms with Crippen LogP contribution in [-0.4, -0.2) is 44.9 Å². The van der Waals surface area contributed by atoms with Gasteiger partial charge < -0.3 is 18.8 Å². The molecule has 0 amide bonds. The Morgan fingerprint density at radius 2 is 2.10 bits per heavy atom. The van der Waals surface area contributed by atoms with E-state index in [1.165, 1.54) is 24.1 Å². The Kier molecular flexibility index (Phi) is 6.96. The molecule has 1 N–H and O–H groups in total. The molecule has 4 rings (SSSR count). The van der Waals surface area contributed by atoms with Crippen LogP contribution >= 0.6 is 0 Å². The number of nitrogens with zero attached hydrogens (tertiary/aromatic N) is 3. The van der Waals surface area contributed by atoms with Crippen molar-refractivity contribution in [2.45, 2.75) is 51.7 Å². The summed E-state index contributed by atoms with van der Waals surface area (Å²) in [6.45, 7) is 5.57. The molecule has 0 bridgehead atoms. The van der Waals surface area contributed by atoms with E-state index in [4.69, 9.17) is 19.1 Å². The van der Waals surface area contributed by atoms with Gasteiger partial charge in [-0.15, -0.1) is 0 Å². The highest BCUT2D eigenvalue weighted by atomic mass is 19.4. The number of fused-ring (bicyclic) bond motifs is 1. The molecule has 10 heteroatoms. The van der Waals surface area contributed by atoms with Crippen molar-refractivity contribution in [3.63, 3.8) is 0 Å². The maximum atomic E-state index is 10.6. The van der Waals surface area contributed by atoms with Crippen molar-refractivity contribution < 1.29 is 32.2 Å². The SMILES string of the molecule is O=C(O)C(F)(F)F.c1cc(CN2CCCn3cnc(COCC4CC4)c3C2)co1. The summed E-state index contributed by atoms with van der Waals surface area (Å²) in [6, 6.07) is 2.04. The first-order chi connectivity index (χ1) is 13.8. The van der Waals surface area contributed by atoms with Crippen LogP contribution in [0.2, 0.25) is 0 Å². The van der Waals surface area contributed by atoms with Crippen LogP contribution in [0.5, 0.6) is 0 Å². The van der Waals surface area contributed by atoms with Crippen LogP contribution in [-0.2, 0) is 35.8 Å². The molecule has 3 heterocycles. The van der Waals surface area contributed by atoms with Gasteiger partial charge in [0.15, 0.2) is 0 Å². The monoisotopic (exact) mass is 415 g/mol. The highest BCUT2D eigenvalue weighted by Gasteiger charge is 2.38. The normalized spacial score (nSPS) is 17.2. The average Bonchev–Trinajstić information content (AvgIpc) is 3.27. The molecule has 29 heavy (non-hydrogen) atoms. The van der Waals surface area contributed by atoms with Gasteiger partial charge in [0, 0.05) is 38.3 Å². The Hall–Kier alpha value is -2.33. The summed E-state index contributed by atoms with van der Waals surface area (Å²) in [7, 11) is 0. The van der Waals surface area contributed by atoms with Crippen LogP contribution < -0.4 is 0 Å². The fourth-order valence-corrected chi connectivity index (χ4v) is 3.08. The summed E-state index contributed by atoms with van der Waals surface area (Å²) >= 11 is 0. The Balaban J connectivity index is 0.000000298. The Labute approximate surface area is 166 Å². The van der Waals surface area contributed by atoms with E-state index in [1.807, 2.05) is 18.7 Å². The van der Waals surface area contributed by atoms with Gasteiger partial charge in [-0.1, -0.05) is 0 Å². The fourth-order valence-electron chi connectivity index (χ4n) is 3.08. The number of hydrogen-bond donors (Lipinski definition) is 1.